The van der Waals surface area contributed by atoms with Gasteiger partial charge in [-0.3, -0.25) is 0 Å². The normalized spacial score (nSPS) is 11.4. The Morgan fingerprint density at radius 1 is 0.885 bits per heavy atom. The van der Waals surface area contributed by atoms with Crippen molar-refractivity contribution in [3.63, 3.8) is 0 Å². The minimum atomic E-state index is -0.235. The van der Waals surface area contributed by atoms with Gasteiger partial charge in [0.1, 0.15) is 11.6 Å². The van der Waals surface area contributed by atoms with Gasteiger partial charge in [0.25, 0.3) is 0 Å². The largest absolute Gasteiger partial charge is 0.319 e. The van der Waals surface area contributed by atoms with Gasteiger partial charge in [0, 0.05) is 12.1 Å². The number of halogens is 1. The third-order valence-electron chi connectivity index (χ3n) is 4.74. The predicted molar refractivity (Wildman–Crippen MR) is 105 cm³/mol. The topological polar surface area (TPSA) is 17.8 Å². The molecule has 1 heterocycles. The van der Waals surface area contributed by atoms with Crippen LogP contribution in [0.15, 0.2) is 72.8 Å². The molecule has 0 N–H and O–H groups in total. The van der Waals surface area contributed by atoms with Crippen LogP contribution in [0.4, 0.5) is 4.39 Å². The fourth-order valence-electron chi connectivity index (χ4n) is 3.25. The molecule has 0 bridgehead atoms. The second-order valence-corrected chi connectivity index (χ2v) is 6.91. The zero-order valence-corrected chi connectivity index (χ0v) is 15.0. The van der Waals surface area contributed by atoms with Gasteiger partial charge < -0.3 is 4.57 Å². The van der Waals surface area contributed by atoms with E-state index in [2.05, 4.69) is 48.7 Å². The molecule has 0 aliphatic heterocycles. The second kappa shape index (κ2) is 6.75. The standard InChI is InChI=1S/C23H21FN2/c1-16(2)18-9-7-17(8-10-18)15-26-22-6-4-3-5-21(22)25-23(26)19-11-13-20(24)14-12-19/h3-14,16H,15H2,1-2H3. The van der Waals surface area contributed by atoms with Gasteiger partial charge in [-0.2, -0.15) is 0 Å². The van der Waals surface area contributed by atoms with Crippen LogP contribution in [-0.4, -0.2) is 9.55 Å². The van der Waals surface area contributed by atoms with Crippen molar-refractivity contribution >= 4 is 11.0 Å². The maximum absolute atomic E-state index is 13.3. The number of imidazole rings is 1. The van der Waals surface area contributed by atoms with Crippen LogP contribution in [0.5, 0.6) is 0 Å². The van der Waals surface area contributed by atoms with Crippen molar-refractivity contribution < 1.29 is 4.39 Å². The highest BCUT2D eigenvalue weighted by Crippen LogP contribution is 2.26. The Kier molecular flexibility index (Phi) is 4.29. The molecule has 0 saturated carbocycles. The third kappa shape index (κ3) is 3.13. The minimum Gasteiger partial charge on any atom is -0.319 e. The molecular formula is C23H21FN2. The molecule has 3 aromatic carbocycles. The van der Waals surface area contributed by atoms with Crippen molar-refractivity contribution in [1.82, 2.24) is 9.55 Å². The SMILES string of the molecule is CC(C)c1ccc(Cn2c(-c3ccc(F)cc3)nc3ccccc32)cc1. The first kappa shape index (κ1) is 16.5. The van der Waals surface area contributed by atoms with Gasteiger partial charge in [0.2, 0.25) is 0 Å². The number of benzene rings is 3. The van der Waals surface area contributed by atoms with Crippen molar-refractivity contribution in [3.05, 3.63) is 89.7 Å². The Bertz CT molecular complexity index is 1030. The molecule has 0 saturated heterocycles. The summed E-state index contributed by atoms with van der Waals surface area (Å²) in [5, 5.41) is 0. The molecular weight excluding hydrogens is 323 g/mol. The Labute approximate surface area is 152 Å². The lowest BCUT2D eigenvalue weighted by atomic mass is 10.0. The van der Waals surface area contributed by atoms with Gasteiger partial charge in [0.15, 0.2) is 0 Å². The Hall–Kier alpha value is -2.94. The molecule has 0 amide bonds. The minimum absolute atomic E-state index is 0.235. The molecule has 0 aliphatic carbocycles. The summed E-state index contributed by atoms with van der Waals surface area (Å²) in [7, 11) is 0. The van der Waals surface area contributed by atoms with Crippen LogP contribution in [0.3, 0.4) is 0 Å². The zero-order valence-electron chi connectivity index (χ0n) is 15.0. The summed E-state index contributed by atoms with van der Waals surface area (Å²) in [5.74, 6) is 1.15. The fourth-order valence-corrected chi connectivity index (χ4v) is 3.25. The van der Waals surface area contributed by atoms with Crippen LogP contribution < -0.4 is 0 Å². The summed E-state index contributed by atoms with van der Waals surface area (Å²) in [6.07, 6.45) is 0. The molecule has 26 heavy (non-hydrogen) atoms. The van der Waals surface area contributed by atoms with E-state index in [0.717, 1.165) is 29.0 Å². The van der Waals surface area contributed by atoms with E-state index in [9.17, 15) is 4.39 Å². The van der Waals surface area contributed by atoms with Gasteiger partial charge >= 0.3 is 0 Å². The summed E-state index contributed by atoms with van der Waals surface area (Å²) in [6, 6.07) is 23.4. The van der Waals surface area contributed by atoms with Crippen molar-refractivity contribution in [3.8, 4) is 11.4 Å². The molecule has 0 atom stereocenters. The maximum Gasteiger partial charge on any atom is 0.141 e. The molecule has 0 radical (unpaired) electrons. The Balaban J connectivity index is 1.79. The quantitative estimate of drug-likeness (QED) is 0.443. The van der Waals surface area contributed by atoms with Gasteiger partial charge in [-0.1, -0.05) is 50.2 Å². The van der Waals surface area contributed by atoms with E-state index < -0.39 is 0 Å². The molecule has 0 aliphatic rings. The fraction of sp³-hybridized carbons (Fsp3) is 0.174. The summed E-state index contributed by atoms with van der Waals surface area (Å²) >= 11 is 0. The molecule has 130 valence electrons. The molecule has 0 unspecified atom stereocenters. The predicted octanol–water partition coefficient (Wildman–Crippen LogP) is 6.01. The van der Waals surface area contributed by atoms with Crippen molar-refractivity contribution in [2.45, 2.75) is 26.3 Å². The lowest BCUT2D eigenvalue weighted by molar-refractivity contribution is 0.628. The van der Waals surface area contributed by atoms with Crippen LogP contribution in [0.2, 0.25) is 0 Å². The van der Waals surface area contributed by atoms with Gasteiger partial charge in [0.05, 0.1) is 11.0 Å². The first-order chi connectivity index (χ1) is 12.6. The highest BCUT2D eigenvalue weighted by molar-refractivity contribution is 5.80. The summed E-state index contributed by atoms with van der Waals surface area (Å²) < 4.78 is 15.5. The van der Waals surface area contributed by atoms with Crippen molar-refractivity contribution in [2.24, 2.45) is 0 Å². The second-order valence-electron chi connectivity index (χ2n) is 6.91. The molecule has 0 fully saturated rings. The monoisotopic (exact) mass is 344 g/mol. The van der Waals surface area contributed by atoms with Crippen LogP contribution in [0.25, 0.3) is 22.4 Å². The van der Waals surface area contributed by atoms with Crippen LogP contribution in [-0.2, 0) is 6.54 Å². The third-order valence-corrected chi connectivity index (χ3v) is 4.74. The Morgan fingerprint density at radius 3 is 2.27 bits per heavy atom. The molecule has 1 aromatic heterocycles. The van der Waals surface area contributed by atoms with Gasteiger partial charge in [-0.15, -0.1) is 0 Å². The number of para-hydroxylation sites is 2. The van der Waals surface area contributed by atoms with Crippen molar-refractivity contribution in [2.75, 3.05) is 0 Å². The zero-order chi connectivity index (χ0) is 18.1. The lowest BCUT2D eigenvalue weighted by Gasteiger charge is -2.11. The number of rotatable bonds is 4. The number of aromatic nitrogens is 2. The van der Waals surface area contributed by atoms with Gasteiger partial charge in [-0.25, -0.2) is 9.37 Å². The average molecular weight is 344 g/mol. The van der Waals surface area contributed by atoms with E-state index in [-0.39, 0.29) is 5.82 Å². The van der Waals surface area contributed by atoms with Gasteiger partial charge in [-0.05, 0) is 53.4 Å². The molecule has 0 spiro atoms. The number of hydrogen-bond acceptors (Lipinski definition) is 1. The smallest absolute Gasteiger partial charge is 0.141 e. The molecule has 4 aromatic rings. The van der Waals surface area contributed by atoms with Crippen LogP contribution in [0, 0.1) is 5.82 Å². The van der Waals surface area contributed by atoms with E-state index in [1.165, 1.54) is 23.3 Å². The number of nitrogens with zero attached hydrogens (tertiary/aromatic N) is 2. The summed E-state index contributed by atoms with van der Waals surface area (Å²) in [4.78, 5) is 4.80. The highest BCUT2D eigenvalue weighted by Gasteiger charge is 2.13. The van der Waals surface area contributed by atoms with E-state index >= 15 is 0 Å². The summed E-state index contributed by atoms with van der Waals surface area (Å²) in [5.41, 5.74) is 5.51. The van der Waals surface area contributed by atoms with E-state index in [1.54, 1.807) is 12.1 Å². The number of fused-ring (bicyclic) bond motifs is 1. The van der Waals surface area contributed by atoms with Crippen molar-refractivity contribution in [1.29, 1.82) is 0 Å². The first-order valence-electron chi connectivity index (χ1n) is 8.92. The highest BCUT2D eigenvalue weighted by atomic mass is 19.1. The molecule has 3 heteroatoms. The molecule has 4 rings (SSSR count). The summed E-state index contributed by atoms with van der Waals surface area (Å²) in [6.45, 7) is 5.13. The van der Waals surface area contributed by atoms with Crippen LogP contribution in [0.1, 0.15) is 30.9 Å². The maximum atomic E-state index is 13.3. The first-order valence-corrected chi connectivity index (χ1v) is 8.92. The van der Waals surface area contributed by atoms with Crippen LogP contribution >= 0.6 is 0 Å². The van der Waals surface area contributed by atoms with E-state index in [4.69, 9.17) is 4.98 Å². The van der Waals surface area contributed by atoms with E-state index in [1.807, 2.05) is 18.2 Å². The van der Waals surface area contributed by atoms with E-state index in [0.29, 0.717) is 5.92 Å². The average Bonchev–Trinajstić information content (AvgIpc) is 3.01. The Morgan fingerprint density at radius 2 is 1.58 bits per heavy atom. The molecule has 2 nitrogen and oxygen atoms in total. The lowest BCUT2D eigenvalue weighted by Crippen LogP contribution is -2.02. The number of hydrogen-bond donors (Lipinski definition) is 0.